The molecule has 1 aliphatic heterocycles. The molecule has 0 aromatic rings. The van der Waals surface area contributed by atoms with Crippen LogP contribution in [0, 0.1) is 0 Å². The first-order valence-corrected chi connectivity index (χ1v) is 4.45. The molecule has 0 radical (unpaired) electrons. The van der Waals surface area contributed by atoms with Gasteiger partial charge in [-0.25, -0.2) is 4.99 Å². The molecule has 5 atom stereocenters. The third kappa shape index (κ3) is 2.55. The number of rotatable bonds is 2. The molecule has 2 unspecified atom stereocenters. The highest BCUT2D eigenvalue weighted by Crippen LogP contribution is 2.21. The van der Waals surface area contributed by atoms with Crippen molar-refractivity contribution in [2.24, 2.45) is 22.2 Å². The van der Waals surface area contributed by atoms with Gasteiger partial charge in [0.05, 0.1) is 0 Å². The van der Waals surface area contributed by atoms with Crippen LogP contribution in [0.3, 0.4) is 0 Å². The maximum Gasteiger partial charge on any atom is 0.186 e. The van der Waals surface area contributed by atoms with Gasteiger partial charge in [0.25, 0.3) is 0 Å². The molecule has 0 aliphatic carbocycles. The predicted molar refractivity (Wildman–Crippen MR) is 51.5 cm³/mol. The first-order chi connectivity index (χ1) is 6.97. The number of aliphatic hydroxyl groups is 3. The smallest absolute Gasteiger partial charge is 0.186 e. The number of nitrogens with zero attached hydrogens (tertiary/aromatic N) is 1. The second-order valence-corrected chi connectivity index (χ2v) is 3.33. The molecule has 88 valence electrons. The van der Waals surface area contributed by atoms with E-state index in [1.165, 1.54) is 0 Å². The quantitative estimate of drug-likeness (QED) is 0.204. The molecule has 8 nitrogen and oxygen atoms in total. The summed E-state index contributed by atoms with van der Waals surface area (Å²) in [6.07, 6.45) is -4.77. The maximum atomic E-state index is 9.59. The van der Waals surface area contributed by atoms with Crippen molar-refractivity contribution in [1.29, 1.82) is 0 Å². The van der Waals surface area contributed by atoms with Crippen molar-refractivity contribution in [3.63, 3.8) is 0 Å². The number of hydrogen-bond acceptors (Lipinski definition) is 6. The van der Waals surface area contributed by atoms with Gasteiger partial charge in [-0.1, -0.05) is 0 Å². The van der Waals surface area contributed by atoms with Gasteiger partial charge in [-0.2, -0.15) is 0 Å². The van der Waals surface area contributed by atoms with E-state index in [2.05, 4.69) is 4.99 Å². The molecule has 0 amide bonds. The zero-order valence-electron chi connectivity index (χ0n) is 8.02. The minimum Gasteiger partial charge on any atom is -0.388 e. The topological polar surface area (TPSA) is 160 Å². The monoisotopic (exact) mass is 220 g/mol. The van der Waals surface area contributed by atoms with Crippen LogP contribution in [0.15, 0.2) is 4.99 Å². The summed E-state index contributed by atoms with van der Waals surface area (Å²) in [7, 11) is 0. The summed E-state index contributed by atoms with van der Waals surface area (Å²) >= 11 is 0. The van der Waals surface area contributed by atoms with Crippen LogP contribution in [-0.4, -0.2) is 58.5 Å². The van der Waals surface area contributed by atoms with Crippen molar-refractivity contribution in [3.8, 4) is 0 Å². The summed E-state index contributed by atoms with van der Waals surface area (Å²) in [6, 6.07) is -1.10. The van der Waals surface area contributed by atoms with E-state index < -0.39 is 30.6 Å². The standard InChI is InChI=1S/C7H16N4O4/c8-1-2-4(12)5(13)3(6(14)15-2)11-7(9)10/h2-6,12-14H,1,8H2,(H4,9,10,11)/t2-,3+,4?,5-,6?/m1/s1. The fourth-order valence-electron chi connectivity index (χ4n) is 1.44. The molecule has 15 heavy (non-hydrogen) atoms. The van der Waals surface area contributed by atoms with E-state index in [0.29, 0.717) is 0 Å². The van der Waals surface area contributed by atoms with Crippen molar-refractivity contribution < 1.29 is 20.1 Å². The highest BCUT2D eigenvalue weighted by atomic mass is 16.6. The molecule has 0 aromatic heterocycles. The molecule has 0 spiro atoms. The molecule has 0 bridgehead atoms. The highest BCUT2D eigenvalue weighted by molar-refractivity contribution is 5.75. The Labute approximate surface area is 86.3 Å². The molecule has 0 aromatic carbocycles. The average Bonchev–Trinajstić information content (AvgIpc) is 2.18. The second-order valence-electron chi connectivity index (χ2n) is 3.33. The molecule has 1 saturated heterocycles. The van der Waals surface area contributed by atoms with E-state index in [0.717, 1.165) is 0 Å². The lowest BCUT2D eigenvalue weighted by molar-refractivity contribution is -0.238. The van der Waals surface area contributed by atoms with E-state index in [1.807, 2.05) is 0 Å². The normalized spacial score (nSPS) is 41.2. The van der Waals surface area contributed by atoms with Gasteiger partial charge in [-0.15, -0.1) is 0 Å². The van der Waals surface area contributed by atoms with E-state index in [-0.39, 0.29) is 12.5 Å². The summed E-state index contributed by atoms with van der Waals surface area (Å²) in [5.41, 5.74) is 15.5. The number of hydrogen-bond donors (Lipinski definition) is 6. The number of aliphatic imine (C=N–C) groups is 1. The minimum absolute atomic E-state index is 0.0240. The van der Waals surface area contributed by atoms with Crippen LogP contribution in [0.4, 0.5) is 0 Å². The largest absolute Gasteiger partial charge is 0.388 e. The van der Waals surface area contributed by atoms with Crippen molar-refractivity contribution in [2.75, 3.05) is 6.54 Å². The first kappa shape index (κ1) is 12.1. The Morgan fingerprint density at radius 2 is 1.80 bits per heavy atom. The third-order valence-electron chi connectivity index (χ3n) is 2.22. The summed E-state index contributed by atoms with van der Waals surface area (Å²) in [6.45, 7) is -0.0240. The second kappa shape index (κ2) is 4.73. The van der Waals surface area contributed by atoms with Crippen LogP contribution in [0.1, 0.15) is 0 Å². The number of guanidine groups is 1. The lowest BCUT2D eigenvalue weighted by atomic mass is 9.97. The van der Waals surface area contributed by atoms with Crippen LogP contribution in [0.2, 0.25) is 0 Å². The van der Waals surface area contributed by atoms with Gasteiger partial charge in [-0.3, -0.25) is 0 Å². The van der Waals surface area contributed by atoms with Gasteiger partial charge in [0.1, 0.15) is 24.4 Å². The fourth-order valence-corrected chi connectivity index (χ4v) is 1.44. The molecule has 0 saturated carbocycles. The summed E-state index contributed by atoms with van der Waals surface area (Å²) < 4.78 is 4.93. The Morgan fingerprint density at radius 1 is 1.20 bits per heavy atom. The third-order valence-corrected chi connectivity index (χ3v) is 2.22. The number of nitrogens with two attached hydrogens (primary N) is 3. The SMILES string of the molecule is NC[C@H]1OC(O)[C@@H](N=C(N)N)[C@@H](O)C1O. The van der Waals surface area contributed by atoms with Crippen LogP contribution in [-0.2, 0) is 4.74 Å². The van der Waals surface area contributed by atoms with Gasteiger partial charge in [-0.05, 0) is 0 Å². The molecule has 8 heteroatoms. The summed E-state index contributed by atoms with van der Waals surface area (Å²) in [5.74, 6) is -0.305. The molecule has 9 N–H and O–H groups in total. The van der Waals surface area contributed by atoms with Crippen molar-refractivity contribution >= 4 is 5.96 Å². The summed E-state index contributed by atoms with van der Waals surface area (Å²) in [5, 5.41) is 28.6. The number of aliphatic hydroxyl groups excluding tert-OH is 3. The van der Waals surface area contributed by atoms with E-state index >= 15 is 0 Å². The Hall–Kier alpha value is -0.930. The number of ether oxygens (including phenoxy) is 1. The molecule has 1 rings (SSSR count). The lowest BCUT2D eigenvalue weighted by Crippen LogP contribution is -2.59. The van der Waals surface area contributed by atoms with E-state index in [1.54, 1.807) is 0 Å². The Kier molecular flexibility index (Phi) is 3.83. The van der Waals surface area contributed by atoms with Crippen LogP contribution in [0.5, 0.6) is 0 Å². The molecular weight excluding hydrogens is 204 g/mol. The minimum atomic E-state index is -1.39. The Bertz CT molecular complexity index is 245. The highest BCUT2D eigenvalue weighted by Gasteiger charge is 2.43. The Balaban J connectivity index is 2.79. The Morgan fingerprint density at radius 3 is 2.27 bits per heavy atom. The van der Waals surface area contributed by atoms with Gasteiger partial charge in [0.15, 0.2) is 12.2 Å². The van der Waals surface area contributed by atoms with Crippen molar-refractivity contribution in [3.05, 3.63) is 0 Å². The fraction of sp³-hybridized carbons (Fsp3) is 0.857. The van der Waals surface area contributed by atoms with Gasteiger partial charge < -0.3 is 37.3 Å². The molecular formula is C7H16N4O4. The molecule has 1 heterocycles. The van der Waals surface area contributed by atoms with Crippen LogP contribution < -0.4 is 17.2 Å². The zero-order chi connectivity index (χ0) is 11.6. The van der Waals surface area contributed by atoms with Crippen LogP contribution >= 0.6 is 0 Å². The molecule has 1 aliphatic rings. The van der Waals surface area contributed by atoms with Crippen molar-refractivity contribution in [1.82, 2.24) is 0 Å². The predicted octanol–water partition coefficient (Wildman–Crippen LogP) is -3.97. The average molecular weight is 220 g/mol. The van der Waals surface area contributed by atoms with Gasteiger partial charge in [0, 0.05) is 6.54 Å². The van der Waals surface area contributed by atoms with Crippen LogP contribution in [0.25, 0.3) is 0 Å². The van der Waals surface area contributed by atoms with Gasteiger partial charge in [0.2, 0.25) is 0 Å². The van der Waals surface area contributed by atoms with E-state index in [9.17, 15) is 15.3 Å². The molecule has 1 fully saturated rings. The zero-order valence-corrected chi connectivity index (χ0v) is 8.02. The first-order valence-electron chi connectivity index (χ1n) is 4.45. The van der Waals surface area contributed by atoms with Gasteiger partial charge >= 0.3 is 0 Å². The maximum absolute atomic E-state index is 9.59. The van der Waals surface area contributed by atoms with Crippen molar-refractivity contribution in [2.45, 2.75) is 30.6 Å². The summed E-state index contributed by atoms with van der Waals surface area (Å²) in [4.78, 5) is 3.56. The van der Waals surface area contributed by atoms with E-state index in [4.69, 9.17) is 21.9 Å². The lowest BCUT2D eigenvalue weighted by Gasteiger charge is -2.38.